The van der Waals surface area contributed by atoms with Gasteiger partial charge in [-0.05, 0) is 39.5 Å². The SMILES string of the molecule is CC(C)C(NCc1ccc(Br)c(F)c1)C(N)=O. The summed E-state index contributed by atoms with van der Waals surface area (Å²) in [6.07, 6.45) is 0. The molecule has 3 N–H and O–H groups in total. The van der Waals surface area contributed by atoms with Crippen LogP contribution in [0.1, 0.15) is 19.4 Å². The van der Waals surface area contributed by atoms with E-state index in [2.05, 4.69) is 21.2 Å². The standard InChI is InChI=1S/C12H16BrFN2O/c1-7(2)11(12(15)17)16-6-8-3-4-9(13)10(14)5-8/h3-5,7,11,16H,6H2,1-2H3,(H2,15,17). The number of hydrogen-bond donors (Lipinski definition) is 2. The van der Waals surface area contributed by atoms with Crippen molar-refractivity contribution in [3.8, 4) is 0 Å². The molecule has 0 aromatic heterocycles. The van der Waals surface area contributed by atoms with E-state index in [0.717, 1.165) is 5.56 Å². The van der Waals surface area contributed by atoms with Crippen molar-refractivity contribution in [3.05, 3.63) is 34.1 Å². The Morgan fingerprint density at radius 3 is 2.65 bits per heavy atom. The highest BCUT2D eigenvalue weighted by atomic mass is 79.9. The Morgan fingerprint density at radius 2 is 2.18 bits per heavy atom. The van der Waals surface area contributed by atoms with Crippen molar-refractivity contribution >= 4 is 21.8 Å². The van der Waals surface area contributed by atoms with Gasteiger partial charge in [-0.1, -0.05) is 19.9 Å². The molecular weight excluding hydrogens is 287 g/mol. The van der Waals surface area contributed by atoms with E-state index in [1.165, 1.54) is 6.07 Å². The van der Waals surface area contributed by atoms with Gasteiger partial charge in [-0.25, -0.2) is 4.39 Å². The lowest BCUT2D eigenvalue weighted by atomic mass is 10.0. The van der Waals surface area contributed by atoms with Crippen LogP contribution in [0.2, 0.25) is 0 Å². The summed E-state index contributed by atoms with van der Waals surface area (Å²) >= 11 is 3.09. The molecule has 5 heteroatoms. The lowest BCUT2D eigenvalue weighted by Gasteiger charge is -2.19. The first-order valence-electron chi connectivity index (χ1n) is 5.38. The Labute approximate surface area is 109 Å². The molecule has 0 radical (unpaired) electrons. The normalized spacial score (nSPS) is 12.8. The number of nitrogens with two attached hydrogens (primary N) is 1. The molecule has 0 aliphatic rings. The summed E-state index contributed by atoms with van der Waals surface area (Å²) < 4.78 is 13.7. The van der Waals surface area contributed by atoms with Crippen molar-refractivity contribution in [2.75, 3.05) is 0 Å². The van der Waals surface area contributed by atoms with Crippen molar-refractivity contribution in [2.45, 2.75) is 26.4 Å². The second kappa shape index (κ2) is 6.12. The zero-order chi connectivity index (χ0) is 13.0. The van der Waals surface area contributed by atoms with Gasteiger partial charge in [0, 0.05) is 6.54 Å². The Hall–Kier alpha value is -0.940. The minimum atomic E-state index is -0.401. The topological polar surface area (TPSA) is 55.1 Å². The second-order valence-corrected chi connectivity index (χ2v) is 5.11. The van der Waals surface area contributed by atoms with E-state index in [-0.39, 0.29) is 11.7 Å². The first-order chi connectivity index (χ1) is 7.91. The van der Waals surface area contributed by atoms with Gasteiger partial charge in [0.05, 0.1) is 10.5 Å². The summed E-state index contributed by atoms with van der Waals surface area (Å²) in [6.45, 7) is 4.23. The number of carbonyl (C=O) groups is 1. The van der Waals surface area contributed by atoms with Crippen molar-refractivity contribution in [3.63, 3.8) is 0 Å². The Bertz CT molecular complexity index is 409. The summed E-state index contributed by atoms with van der Waals surface area (Å²) in [6, 6.07) is 4.45. The molecule has 0 spiro atoms. The van der Waals surface area contributed by atoms with Crippen molar-refractivity contribution in [2.24, 2.45) is 11.7 Å². The molecule has 94 valence electrons. The molecule has 1 amide bonds. The van der Waals surface area contributed by atoms with E-state index in [1.54, 1.807) is 12.1 Å². The van der Waals surface area contributed by atoms with Crippen molar-refractivity contribution < 1.29 is 9.18 Å². The van der Waals surface area contributed by atoms with Gasteiger partial charge in [0.1, 0.15) is 5.82 Å². The molecule has 0 aliphatic carbocycles. The number of nitrogens with one attached hydrogen (secondary N) is 1. The third-order valence-corrected chi connectivity index (χ3v) is 3.13. The van der Waals surface area contributed by atoms with E-state index < -0.39 is 11.9 Å². The van der Waals surface area contributed by atoms with E-state index in [1.807, 2.05) is 13.8 Å². The monoisotopic (exact) mass is 302 g/mol. The van der Waals surface area contributed by atoms with Gasteiger partial charge in [-0.3, -0.25) is 4.79 Å². The third kappa shape index (κ3) is 4.09. The Balaban J connectivity index is 2.65. The first kappa shape index (κ1) is 14.1. The molecule has 0 aliphatic heterocycles. The highest BCUT2D eigenvalue weighted by Gasteiger charge is 2.18. The number of amides is 1. The molecule has 0 heterocycles. The fraction of sp³-hybridized carbons (Fsp3) is 0.417. The highest BCUT2D eigenvalue weighted by Crippen LogP contribution is 2.16. The van der Waals surface area contributed by atoms with Crippen LogP contribution in [0.4, 0.5) is 4.39 Å². The summed E-state index contributed by atoms with van der Waals surface area (Å²) in [4.78, 5) is 11.2. The van der Waals surface area contributed by atoms with E-state index >= 15 is 0 Å². The predicted octanol–water partition coefficient (Wildman–Crippen LogP) is 2.19. The number of hydrogen-bond acceptors (Lipinski definition) is 2. The van der Waals surface area contributed by atoms with Crippen LogP contribution in [0.3, 0.4) is 0 Å². The minimum Gasteiger partial charge on any atom is -0.368 e. The van der Waals surface area contributed by atoms with Gasteiger partial charge in [-0.15, -0.1) is 0 Å². The lowest BCUT2D eigenvalue weighted by Crippen LogP contribution is -2.44. The molecule has 1 rings (SSSR count). The summed E-state index contributed by atoms with van der Waals surface area (Å²) in [5, 5.41) is 3.03. The van der Waals surface area contributed by atoms with Gasteiger partial charge in [0.15, 0.2) is 0 Å². The summed E-state index contributed by atoms with van der Waals surface area (Å²) in [5.41, 5.74) is 6.05. The molecule has 0 saturated heterocycles. The molecule has 1 unspecified atom stereocenters. The lowest BCUT2D eigenvalue weighted by molar-refractivity contribution is -0.121. The molecule has 1 aromatic rings. The number of halogens is 2. The summed E-state index contributed by atoms with van der Waals surface area (Å²) in [7, 11) is 0. The third-order valence-electron chi connectivity index (χ3n) is 2.48. The van der Waals surface area contributed by atoms with Gasteiger partial charge in [0.2, 0.25) is 5.91 Å². The number of benzene rings is 1. The zero-order valence-electron chi connectivity index (χ0n) is 9.84. The molecular formula is C12H16BrFN2O. The average molecular weight is 303 g/mol. The van der Waals surface area contributed by atoms with Crippen LogP contribution in [-0.2, 0) is 11.3 Å². The second-order valence-electron chi connectivity index (χ2n) is 4.25. The van der Waals surface area contributed by atoms with Crippen LogP contribution in [0.5, 0.6) is 0 Å². The largest absolute Gasteiger partial charge is 0.368 e. The number of primary amides is 1. The van der Waals surface area contributed by atoms with Gasteiger partial charge >= 0.3 is 0 Å². The molecule has 0 fully saturated rings. The maximum Gasteiger partial charge on any atom is 0.234 e. The maximum atomic E-state index is 13.3. The first-order valence-corrected chi connectivity index (χ1v) is 6.17. The minimum absolute atomic E-state index is 0.104. The molecule has 17 heavy (non-hydrogen) atoms. The van der Waals surface area contributed by atoms with Crippen LogP contribution in [-0.4, -0.2) is 11.9 Å². The Kier molecular flexibility index (Phi) is 5.08. The van der Waals surface area contributed by atoms with Gasteiger partial charge in [0.25, 0.3) is 0 Å². The highest BCUT2D eigenvalue weighted by molar-refractivity contribution is 9.10. The van der Waals surface area contributed by atoms with Crippen LogP contribution in [0.25, 0.3) is 0 Å². The molecule has 0 bridgehead atoms. The van der Waals surface area contributed by atoms with Crippen LogP contribution >= 0.6 is 15.9 Å². The summed E-state index contributed by atoms with van der Waals surface area (Å²) in [5.74, 6) is -0.602. The number of rotatable bonds is 5. The van der Waals surface area contributed by atoms with E-state index in [4.69, 9.17) is 5.73 Å². The van der Waals surface area contributed by atoms with Gasteiger partial charge < -0.3 is 11.1 Å². The maximum absolute atomic E-state index is 13.3. The molecule has 1 atom stereocenters. The van der Waals surface area contributed by atoms with Gasteiger partial charge in [-0.2, -0.15) is 0 Å². The molecule has 0 saturated carbocycles. The predicted molar refractivity (Wildman–Crippen MR) is 68.8 cm³/mol. The van der Waals surface area contributed by atoms with Crippen molar-refractivity contribution in [1.82, 2.24) is 5.32 Å². The zero-order valence-corrected chi connectivity index (χ0v) is 11.4. The number of carbonyl (C=O) groups excluding carboxylic acids is 1. The molecule has 1 aromatic carbocycles. The van der Waals surface area contributed by atoms with Crippen molar-refractivity contribution in [1.29, 1.82) is 0 Å². The Morgan fingerprint density at radius 1 is 1.53 bits per heavy atom. The van der Waals surface area contributed by atoms with E-state index in [9.17, 15) is 9.18 Å². The van der Waals surface area contributed by atoms with E-state index in [0.29, 0.717) is 11.0 Å². The van der Waals surface area contributed by atoms with Crippen LogP contribution < -0.4 is 11.1 Å². The average Bonchev–Trinajstić information content (AvgIpc) is 2.22. The van der Waals surface area contributed by atoms with Crippen LogP contribution in [0.15, 0.2) is 22.7 Å². The fourth-order valence-electron chi connectivity index (χ4n) is 1.54. The molecule has 3 nitrogen and oxygen atoms in total. The smallest absolute Gasteiger partial charge is 0.234 e. The van der Waals surface area contributed by atoms with Crippen LogP contribution in [0, 0.1) is 11.7 Å². The fourth-order valence-corrected chi connectivity index (χ4v) is 1.79. The quantitative estimate of drug-likeness (QED) is 0.876.